The van der Waals surface area contributed by atoms with Gasteiger partial charge in [-0.2, -0.15) is 0 Å². The monoisotopic (exact) mass is 298 g/mol. The number of halogens is 2. The smallest absolute Gasteiger partial charge is 0.123 e. The van der Waals surface area contributed by atoms with Crippen molar-refractivity contribution in [2.45, 2.75) is 18.2 Å². The predicted octanol–water partition coefficient (Wildman–Crippen LogP) is 4.87. The van der Waals surface area contributed by atoms with Crippen molar-refractivity contribution in [1.82, 2.24) is 0 Å². The largest absolute Gasteiger partial charge is 0.207 e. The van der Waals surface area contributed by atoms with Gasteiger partial charge in [0.05, 0.1) is 0 Å². The Bertz CT molecular complexity index is 445. The maximum absolute atomic E-state index is 13.2. The Hall–Kier alpha value is -0.670. The minimum atomic E-state index is -0.161. The summed E-state index contributed by atoms with van der Waals surface area (Å²) in [6, 6.07) is 9.31. The molecule has 0 saturated carbocycles. The number of hydrogen-bond acceptors (Lipinski definition) is 1. The Balaban J connectivity index is 2.17. The molecule has 1 heterocycles. The first-order chi connectivity index (χ1) is 7.65. The summed E-state index contributed by atoms with van der Waals surface area (Å²) in [4.78, 5) is 1.49. The average molecular weight is 299 g/mol. The van der Waals surface area contributed by atoms with Crippen LogP contribution in [0, 0.1) is 12.7 Å². The van der Waals surface area contributed by atoms with Gasteiger partial charge in [-0.3, -0.25) is 0 Å². The topological polar surface area (TPSA) is 0 Å². The van der Waals surface area contributed by atoms with Crippen molar-refractivity contribution >= 4 is 27.3 Å². The molecule has 2 rings (SSSR count). The molecule has 0 radical (unpaired) electrons. The molecule has 0 aliphatic carbocycles. The quantitative estimate of drug-likeness (QED) is 0.709. The van der Waals surface area contributed by atoms with Gasteiger partial charge >= 0.3 is 0 Å². The van der Waals surface area contributed by atoms with Crippen molar-refractivity contribution in [3.63, 3.8) is 0 Å². The lowest BCUT2D eigenvalue weighted by Crippen LogP contribution is -1.95. The van der Waals surface area contributed by atoms with Gasteiger partial charge in [0, 0.05) is 9.70 Å². The predicted molar refractivity (Wildman–Crippen MR) is 70.8 cm³/mol. The van der Waals surface area contributed by atoms with Crippen molar-refractivity contribution in [2.24, 2.45) is 0 Å². The van der Waals surface area contributed by atoms with E-state index < -0.39 is 0 Å². The maximum Gasteiger partial charge on any atom is 0.123 e. The van der Waals surface area contributed by atoms with Gasteiger partial charge in [-0.1, -0.05) is 28.1 Å². The summed E-state index contributed by atoms with van der Waals surface area (Å²) in [6.45, 7) is 1.91. The van der Waals surface area contributed by atoms with Gasteiger partial charge in [-0.25, -0.2) is 4.39 Å². The molecule has 0 N–H and O–H groups in total. The Morgan fingerprint density at radius 1 is 1.38 bits per heavy atom. The van der Waals surface area contributed by atoms with Crippen LogP contribution in [0.4, 0.5) is 4.39 Å². The van der Waals surface area contributed by atoms with Gasteiger partial charge in [0.15, 0.2) is 0 Å². The highest BCUT2D eigenvalue weighted by molar-refractivity contribution is 9.09. The highest BCUT2D eigenvalue weighted by atomic mass is 79.9. The Morgan fingerprint density at radius 2 is 2.19 bits per heavy atom. The molecule has 0 nitrogen and oxygen atoms in total. The van der Waals surface area contributed by atoms with Crippen molar-refractivity contribution < 1.29 is 4.39 Å². The number of alkyl halides is 1. The Kier molecular flexibility index (Phi) is 3.77. The molecular weight excluding hydrogens is 287 g/mol. The van der Waals surface area contributed by atoms with E-state index in [2.05, 4.69) is 27.4 Å². The van der Waals surface area contributed by atoms with Crippen LogP contribution in [-0.4, -0.2) is 0 Å². The van der Waals surface area contributed by atoms with Crippen LogP contribution in [0.5, 0.6) is 0 Å². The van der Waals surface area contributed by atoms with Gasteiger partial charge in [0.2, 0.25) is 0 Å². The first kappa shape index (κ1) is 11.8. The van der Waals surface area contributed by atoms with Gasteiger partial charge in [0.25, 0.3) is 0 Å². The molecule has 0 aliphatic heterocycles. The molecule has 1 atom stereocenters. The summed E-state index contributed by atoms with van der Waals surface area (Å²) in [6.07, 6.45) is 0.903. The van der Waals surface area contributed by atoms with Gasteiger partial charge in [0.1, 0.15) is 5.82 Å². The van der Waals surface area contributed by atoms with E-state index >= 15 is 0 Å². The van der Waals surface area contributed by atoms with Crippen LogP contribution in [0.25, 0.3) is 0 Å². The van der Waals surface area contributed by atoms with Crippen molar-refractivity contribution in [3.8, 4) is 0 Å². The fraction of sp³-hybridized carbons (Fsp3) is 0.231. The lowest BCUT2D eigenvalue weighted by atomic mass is 10.1. The third-order valence-corrected chi connectivity index (χ3v) is 4.14. The van der Waals surface area contributed by atoms with Gasteiger partial charge in [-0.15, -0.1) is 11.3 Å². The van der Waals surface area contributed by atoms with Crippen LogP contribution in [0.3, 0.4) is 0 Å². The second kappa shape index (κ2) is 5.11. The number of hydrogen-bond donors (Lipinski definition) is 0. The molecule has 1 unspecified atom stereocenters. The van der Waals surface area contributed by atoms with Gasteiger partial charge in [-0.05, 0) is 48.1 Å². The van der Waals surface area contributed by atoms with Crippen LogP contribution < -0.4 is 0 Å². The zero-order valence-electron chi connectivity index (χ0n) is 8.91. The number of aryl methyl sites for hydroxylation is 1. The van der Waals surface area contributed by atoms with E-state index in [0.29, 0.717) is 0 Å². The van der Waals surface area contributed by atoms with Crippen LogP contribution in [0.15, 0.2) is 35.7 Å². The first-order valence-electron chi connectivity index (χ1n) is 5.08. The minimum Gasteiger partial charge on any atom is -0.207 e. The molecule has 0 fully saturated rings. The fourth-order valence-electron chi connectivity index (χ4n) is 1.67. The lowest BCUT2D eigenvalue weighted by Gasteiger charge is -2.10. The Labute approximate surface area is 107 Å². The SMILES string of the molecule is Cc1cc(F)cc(C(Br)Cc2cccs2)c1. The van der Waals surface area contributed by atoms with E-state index in [-0.39, 0.29) is 10.6 Å². The van der Waals surface area contributed by atoms with Crippen LogP contribution in [-0.2, 0) is 6.42 Å². The third kappa shape index (κ3) is 2.92. The molecule has 0 saturated heterocycles. The minimum absolute atomic E-state index is 0.161. The summed E-state index contributed by atoms with van der Waals surface area (Å²) in [5.41, 5.74) is 1.97. The molecule has 16 heavy (non-hydrogen) atoms. The lowest BCUT2D eigenvalue weighted by molar-refractivity contribution is 0.624. The number of rotatable bonds is 3. The van der Waals surface area contributed by atoms with E-state index in [9.17, 15) is 4.39 Å². The molecular formula is C13H12BrFS. The second-order valence-corrected chi connectivity index (χ2v) is 5.95. The number of benzene rings is 1. The maximum atomic E-state index is 13.2. The molecule has 0 amide bonds. The average Bonchev–Trinajstić information content (AvgIpc) is 2.68. The molecule has 1 aromatic carbocycles. The summed E-state index contributed by atoms with van der Waals surface area (Å²) in [5, 5.41) is 2.06. The number of thiophene rings is 1. The van der Waals surface area contributed by atoms with Crippen LogP contribution in [0.1, 0.15) is 20.8 Å². The summed E-state index contributed by atoms with van der Waals surface area (Å²) >= 11 is 5.35. The molecule has 0 aliphatic rings. The van der Waals surface area contributed by atoms with E-state index in [0.717, 1.165) is 17.5 Å². The van der Waals surface area contributed by atoms with Crippen molar-refractivity contribution in [2.75, 3.05) is 0 Å². The molecule has 3 heteroatoms. The standard InChI is InChI=1S/C13H12BrFS/c1-9-5-10(7-11(15)6-9)13(14)8-12-3-2-4-16-12/h2-7,13H,8H2,1H3. The first-order valence-corrected chi connectivity index (χ1v) is 6.88. The Morgan fingerprint density at radius 3 is 2.81 bits per heavy atom. The van der Waals surface area contributed by atoms with E-state index in [1.165, 1.54) is 4.88 Å². The van der Waals surface area contributed by atoms with Crippen LogP contribution in [0.2, 0.25) is 0 Å². The molecule has 0 bridgehead atoms. The zero-order chi connectivity index (χ0) is 11.5. The highest BCUT2D eigenvalue weighted by Gasteiger charge is 2.10. The molecule has 2 aromatic rings. The second-order valence-electron chi connectivity index (χ2n) is 3.81. The van der Waals surface area contributed by atoms with E-state index in [4.69, 9.17) is 0 Å². The summed E-state index contributed by atoms with van der Waals surface area (Å²) < 4.78 is 13.2. The fourth-order valence-corrected chi connectivity index (χ4v) is 3.25. The van der Waals surface area contributed by atoms with E-state index in [1.807, 2.05) is 19.1 Å². The summed E-state index contributed by atoms with van der Waals surface area (Å²) in [5.74, 6) is -0.161. The zero-order valence-corrected chi connectivity index (χ0v) is 11.3. The highest BCUT2D eigenvalue weighted by Crippen LogP contribution is 2.29. The molecule has 0 spiro atoms. The third-order valence-electron chi connectivity index (χ3n) is 2.39. The van der Waals surface area contributed by atoms with E-state index in [1.54, 1.807) is 23.5 Å². The van der Waals surface area contributed by atoms with Crippen molar-refractivity contribution in [3.05, 3.63) is 57.5 Å². The van der Waals surface area contributed by atoms with Crippen molar-refractivity contribution in [1.29, 1.82) is 0 Å². The molecule has 84 valence electrons. The van der Waals surface area contributed by atoms with Gasteiger partial charge < -0.3 is 0 Å². The normalized spacial score (nSPS) is 12.7. The molecule has 1 aromatic heterocycles. The summed E-state index contributed by atoms with van der Waals surface area (Å²) in [7, 11) is 0. The van der Waals surface area contributed by atoms with Crippen LogP contribution >= 0.6 is 27.3 Å².